The first-order chi connectivity index (χ1) is 17.5. The zero-order valence-corrected chi connectivity index (χ0v) is 20.5. The molecule has 4 aliphatic rings. The van der Waals surface area contributed by atoms with E-state index in [1.807, 2.05) is 18.2 Å². The van der Waals surface area contributed by atoms with Crippen LogP contribution in [0.15, 0.2) is 35.1 Å². The van der Waals surface area contributed by atoms with Gasteiger partial charge in [-0.05, 0) is 55.5 Å². The van der Waals surface area contributed by atoms with Crippen molar-refractivity contribution < 1.29 is 34.8 Å². The van der Waals surface area contributed by atoms with E-state index in [4.69, 9.17) is 17.3 Å². The highest BCUT2D eigenvalue weighted by Crippen LogP contribution is 2.54. The van der Waals surface area contributed by atoms with Gasteiger partial charge in [0.25, 0.3) is 5.91 Å². The van der Waals surface area contributed by atoms with E-state index in [0.29, 0.717) is 27.9 Å². The topological polar surface area (TPSA) is 161 Å². The Labute approximate surface area is 216 Å². The zero-order chi connectivity index (χ0) is 26.4. The summed E-state index contributed by atoms with van der Waals surface area (Å²) in [5.74, 6) is -6.53. The number of aliphatic hydroxyl groups excluding tert-OH is 2. The van der Waals surface area contributed by atoms with Gasteiger partial charge in [0.2, 0.25) is 5.78 Å². The molecule has 10 heteroatoms. The van der Waals surface area contributed by atoms with Crippen LogP contribution in [-0.4, -0.2) is 61.5 Å². The Balaban J connectivity index is 1.52. The molecule has 9 nitrogen and oxygen atoms in total. The lowest BCUT2D eigenvalue weighted by Crippen LogP contribution is -2.58. The number of Topliss-reactive ketones (excluding diaryl/α,β-unsaturated/α-hetero) is 2. The molecule has 1 saturated heterocycles. The van der Waals surface area contributed by atoms with Crippen molar-refractivity contribution in [3.63, 3.8) is 0 Å². The summed E-state index contributed by atoms with van der Waals surface area (Å²) >= 11 is 6.78. The first kappa shape index (κ1) is 24.0. The number of rotatable bonds is 3. The lowest BCUT2D eigenvalue weighted by molar-refractivity contribution is -0.147. The SMILES string of the molecule is NC(=O)C1=C(O)[C@@]2(O)C(=O)C3=C(O)c4c(c(Cl)c5ccc(CN6CCC6)cc5c4O)C[C@H]3C[C@H]2CC1=O. The van der Waals surface area contributed by atoms with Crippen molar-refractivity contribution >= 4 is 45.6 Å². The predicted molar refractivity (Wildman–Crippen MR) is 134 cm³/mol. The molecule has 6 N–H and O–H groups in total. The number of aromatic hydroxyl groups is 1. The van der Waals surface area contributed by atoms with Crippen LogP contribution in [0.3, 0.4) is 0 Å². The van der Waals surface area contributed by atoms with Crippen molar-refractivity contribution in [3.05, 3.63) is 56.8 Å². The maximum absolute atomic E-state index is 13.7. The van der Waals surface area contributed by atoms with Crippen LogP contribution in [0.4, 0.5) is 0 Å². The summed E-state index contributed by atoms with van der Waals surface area (Å²) in [5, 5.41) is 46.0. The number of nitrogens with zero attached hydrogens (tertiary/aromatic N) is 1. The fourth-order valence-corrected chi connectivity index (χ4v) is 6.72. The van der Waals surface area contributed by atoms with Gasteiger partial charge in [0.1, 0.15) is 22.8 Å². The molecule has 0 unspecified atom stereocenters. The number of likely N-dealkylation sites (tertiary alicyclic amines) is 1. The van der Waals surface area contributed by atoms with Crippen LogP contribution in [0.25, 0.3) is 16.5 Å². The van der Waals surface area contributed by atoms with E-state index in [0.717, 1.165) is 25.1 Å². The standard InChI is InChI=1S/C27H25ClN2O7/c28-21-14-3-2-11(10-30-4-1-5-30)6-15(14)22(32)19-16(21)8-12-7-13-9-17(31)20(26(29)36)25(35)27(13,37)24(34)18(12)23(19)33/h2-3,6,12-13,32-33,35,37H,1,4-5,7-10H2,(H2,29,36)/t12-,13+,27+/m1/s1. The first-order valence-electron chi connectivity index (χ1n) is 12.2. The Bertz CT molecular complexity index is 1510. The summed E-state index contributed by atoms with van der Waals surface area (Å²) in [7, 11) is 0. The summed E-state index contributed by atoms with van der Waals surface area (Å²) < 4.78 is 0. The quantitative estimate of drug-likeness (QED) is 0.382. The number of halogens is 1. The second-order valence-electron chi connectivity index (χ2n) is 10.4. The van der Waals surface area contributed by atoms with E-state index in [-0.39, 0.29) is 36.1 Å². The molecule has 0 aromatic heterocycles. The van der Waals surface area contributed by atoms with E-state index >= 15 is 0 Å². The third-order valence-corrected chi connectivity index (χ3v) is 8.82. The maximum Gasteiger partial charge on any atom is 0.255 e. The number of fused-ring (bicyclic) bond motifs is 4. The average Bonchev–Trinajstić information content (AvgIpc) is 2.81. The minimum absolute atomic E-state index is 0.00531. The number of benzene rings is 2. The highest BCUT2D eigenvalue weighted by atomic mass is 35.5. The number of hydrogen-bond acceptors (Lipinski definition) is 8. The molecule has 2 aromatic carbocycles. The number of phenolic OH excluding ortho intramolecular Hbond substituents is 1. The van der Waals surface area contributed by atoms with Gasteiger partial charge in [-0.15, -0.1) is 0 Å². The third kappa shape index (κ3) is 3.20. The molecule has 2 aromatic rings. The molecule has 1 amide bonds. The summed E-state index contributed by atoms with van der Waals surface area (Å²) in [5.41, 5.74) is 3.08. The van der Waals surface area contributed by atoms with Crippen LogP contribution < -0.4 is 5.73 Å². The average molecular weight is 525 g/mol. The Morgan fingerprint density at radius 2 is 1.86 bits per heavy atom. The smallest absolute Gasteiger partial charge is 0.255 e. The Hall–Kier alpha value is -3.40. The van der Waals surface area contributed by atoms with E-state index in [9.17, 15) is 34.8 Å². The van der Waals surface area contributed by atoms with Crippen molar-refractivity contribution in [2.45, 2.75) is 37.8 Å². The van der Waals surface area contributed by atoms with E-state index in [1.54, 1.807) is 0 Å². The molecule has 3 aliphatic carbocycles. The fraction of sp³-hybridized carbons (Fsp3) is 0.370. The van der Waals surface area contributed by atoms with Crippen LogP contribution >= 0.6 is 11.6 Å². The van der Waals surface area contributed by atoms with Crippen molar-refractivity contribution in [2.24, 2.45) is 17.6 Å². The third-order valence-electron chi connectivity index (χ3n) is 8.39. The van der Waals surface area contributed by atoms with Gasteiger partial charge in [-0.2, -0.15) is 0 Å². The number of ketones is 2. The largest absolute Gasteiger partial charge is 0.508 e. The molecular weight excluding hydrogens is 500 g/mol. The highest BCUT2D eigenvalue weighted by Gasteiger charge is 2.60. The minimum atomic E-state index is -2.59. The van der Waals surface area contributed by atoms with Gasteiger partial charge in [-0.1, -0.05) is 23.7 Å². The van der Waals surface area contributed by atoms with Gasteiger partial charge in [-0.25, -0.2) is 0 Å². The summed E-state index contributed by atoms with van der Waals surface area (Å²) in [6.45, 7) is 2.71. The number of nitrogens with two attached hydrogens (primary N) is 1. The van der Waals surface area contributed by atoms with Crippen molar-refractivity contribution in [1.29, 1.82) is 0 Å². The number of hydrogen-bond donors (Lipinski definition) is 5. The van der Waals surface area contributed by atoms with Crippen LogP contribution in [-0.2, 0) is 27.3 Å². The van der Waals surface area contributed by atoms with Gasteiger partial charge in [0, 0.05) is 35.2 Å². The number of amides is 1. The molecule has 1 heterocycles. The first-order valence-corrected chi connectivity index (χ1v) is 12.6. The predicted octanol–water partition coefficient (Wildman–Crippen LogP) is 2.44. The van der Waals surface area contributed by atoms with Gasteiger partial charge in [-0.3, -0.25) is 19.3 Å². The number of phenols is 1. The molecule has 192 valence electrons. The number of carbonyl (C=O) groups is 3. The Morgan fingerprint density at radius 3 is 2.51 bits per heavy atom. The molecule has 2 fully saturated rings. The number of carbonyl (C=O) groups excluding carboxylic acids is 3. The zero-order valence-electron chi connectivity index (χ0n) is 19.8. The maximum atomic E-state index is 13.7. The van der Waals surface area contributed by atoms with Crippen molar-refractivity contribution in [1.82, 2.24) is 4.90 Å². The second kappa shape index (κ2) is 8.05. The Kier molecular flexibility index (Phi) is 5.21. The molecule has 1 saturated carbocycles. The van der Waals surface area contributed by atoms with Gasteiger partial charge in [0.15, 0.2) is 11.4 Å². The van der Waals surface area contributed by atoms with Crippen LogP contribution in [0.2, 0.25) is 5.02 Å². The lowest BCUT2D eigenvalue weighted by Gasteiger charge is -2.46. The molecule has 1 aliphatic heterocycles. The highest BCUT2D eigenvalue weighted by molar-refractivity contribution is 6.37. The summed E-state index contributed by atoms with van der Waals surface area (Å²) in [6, 6.07) is 5.60. The lowest BCUT2D eigenvalue weighted by atomic mass is 9.59. The molecule has 0 spiro atoms. The normalized spacial score (nSPS) is 27.6. The summed E-state index contributed by atoms with van der Waals surface area (Å²) in [6.07, 6.45) is 1.01. The molecular formula is C27H25ClN2O7. The second-order valence-corrected chi connectivity index (χ2v) is 10.8. The minimum Gasteiger partial charge on any atom is -0.508 e. The summed E-state index contributed by atoms with van der Waals surface area (Å²) in [4.78, 5) is 40.2. The van der Waals surface area contributed by atoms with Crippen molar-refractivity contribution in [3.8, 4) is 5.75 Å². The fourth-order valence-electron chi connectivity index (χ4n) is 6.38. The number of primary amides is 1. The molecule has 6 rings (SSSR count). The van der Waals surface area contributed by atoms with Gasteiger partial charge in [0.05, 0.1) is 10.6 Å². The van der Waals surface area contributed by atoms with E-state index in [2.05, 4.69) is 4.90 Å². The van der Waals surface area contributed by atoms with Crippen LogP contribution in [0.1, 0.15) is 36.0 Å². The van der Waals surface area contributed by atoms with E-state index in [1.165, 1.54) is 0 Å². The van der Waals surface area contributed by atoms with Gasteiger partial charge < -0.3 is 26.2 Å². The van der Waals surface area contributed by atoms with E-state index < -0.39 is 52.0 Å². The van der Waals surface area contributed by atoms with Gasteiger partial charge >= 0.3 is 0 Å². The van der Waals surface area contributed by atoms with Crippen LogP contribution in [0, 0.1) is 11.8 Å². The molecule has 0 bridgehead atoms. The monoisotopic (exact) mass is 524 g/mol. The molecule has 3 atom stereocenters. The van der Waals surface area contributed by atoms with Crippen LogP contribution in [0.5, 0.6) is 5.75 Å². The molecule has 0 radical (unpaired) electrons. The number of aliphatic hydroxyl groups is 3. The Morgan fingerprint density at radius 1 is 1.14 bits per heavy atom. The molecule has 37 heavy (non-hydrogen) atoms. The van der Waals surface area contributed by atoms with Crippen molar-refractivity contribution in [2.75, 3.05) is 13.1 Å².